The number of carbonyl (C=O) groups excluding carboxylic acids is 1. The van der Waals surface area contributed by atoms with Crippen molar-refractivity contribution in [2.75, 3.05) is 11.9 Å². The summed E-state index contributed by atoms with van der Waals surface area (Å²) in [7, 11) is 0. The van der Waals surface area contributed by atoms with Crippen molar-refractivity contribution in [3.63, 3.8) is 0 Å². The van der Waals surface area contributed by atoms with Crippen molar-refractivity contribution in [3.8, 4) is 0 Å². The molecule has 0 aromatic heterocycles. The van der Waals surface area contributed by atoms with Gasteiger partial charge in [-0.1, -0.05) is 53.5 Å². The molecule has 0 radical (unpaired) electrons. The Labute approximate surface area is 116 Å². The van der Waals surface area contributed by atoms with Crippen molar-refractivity contribution >= 4 is 33.4 Å². The lowest BCUT2D eigenvalue weighted by Crippen LogP contribution is -2.35. The second-order valence-electron chi connectivity index (χ2n) is 4.88. The lowest BCUT2D eigenvalue weighted by molar-refractivity contribution is -0.120. The highest BCUT2D eigenvalue weighted by Crippen LogP contribution is 2.16. The Morgan fingerprint density at radius 3 is 2.47 bits per heavy atom. The zero-order valence-electron chi connectivity index (χ0n) is 10.1. The van der Waals surface area contributed by atoms with Gasteiger partial charge in [0.15, 0.2) is 0 Å². The van der Waals surface area contributed by atoms with Crippen molar-refractivity contribution < 1.29 is 4.79 Å². The number of benzene rings is 1. The van der Waals surface area contributed by atoms with Gasteiger partial charge in [-0.3, -0.25) is 4.79 Å². The molecule has 1 rings (SSSR count). The molecule has 0 heterocycles. The third kappa shape index (κ3) is 5.55. The fourth-order valence-corrected chi connectivity index (χ4v) is 1.56. The summed E-state index contributed by atoms with van der Waals surface area (Å²) in [6, 6.07) is 7.34. The summed E-state index contributed by atoms with van der Waals surface area (Å²) in [6.07, 6.45) is 0.398. The highest BCUT2D eigenvalue weighted by Gasteiger charge is 2.16. The van der Waals surface area contributed by atoms with Crippen LogP contribution in [0.15, 0.2) is 24.3 Å². The monoisotopic (exact) mass is 317 g/mol. The SMILES string of the molecule is CC(C)(CBr)CNC(=O)Cc1ccc(Cl)cc1. The molecule has 1 aromatic carbocycles. The Bertz CT molecular complexity index is 376. The molecule has 94 valence electrons. The number of alkyl halides is 1. The van der Waals surface area contributed by atoms with Gasteiger partial charge in [-0.05, 0) is 23.1 Å². The largest absolute Gasteiger partial charge is 0.355 e. The molecule has 1 amide bonds. The van der Waals surface area contributed by atoms with E-state index in [0.717, 1.165) is 10.9 Å². The summed E-state index contributed by atoms with van der Waals surface area (Å²) in [4.78, 5) is 11.7. The quantitative estimate of drug-likeness (QED) is 0.828. The van der Waals surface area contributed by atoms with E-state index >= 15 is 0 Å². The second kappa shape index (κ2) is 6.41. The first-order chi connectivity index (χ1) is 7.93. The van der Waals surface area contributed by atoms with Crippen LogP contribution in [-0.2, 0) is 11.2 Å². The minimum absolute atomic E-state index is 0.0429. The van der Waals surface area contributed by atoms with Gasteiger partial charge in [0.25, 0.3) is 0 Å². The van der Waals surface area contributed by atoms with Gasteiger partial charge in [-0.25, -0.2) is 0 Å². The summed E-state index contributed by atoms with van der Waals surface area (Å²) in [5, 5.41) is 4.49. The van der Waals surface area contributed by atoms with E-state index in [-0.39, 0.29) is 11.3 Å². The zero-order valence-corrected chi connectivity index (χ0v) is 12.4. The zero-order chi connectivity index (χ0) is 12.9. The topological polar surface area (TPSA) is 29.1 Å². The molecular formula is C13H17BrClNO. The maximum atomic E-state index is 11.7. The number of hydrogen-bond donors (Lipinski definition) is 1. The molecule has 2 nitrogen and oxygen atoms in total. The Hall–Kier alpha value is -0.540. The molecule has 1 aromatic rings. The van der Waals surface area contributed by atoms with Gasteiger partial charge in [0.1, 0.15) is 0 Å². The molecule has 0 saturated carbocycles. The van der Waals surface area contributed by atoms with E-state index in [4.69, 9.17) is 11.6 Å². The van der Waals surface area contributed by atoms with Crippen LogP contribution in [-0.4, -0.2) is 17.8 Å². The van der Waals surface area contributed by atoms with E-state index in [1.807, 2.05) is 12.1 Å². The lowest BCUT2D eigenvalue weighted by Gasteiger charge is -2.21. The smallest absolute Gasteiger partial charge is 0.224 e. The van der Waals surface area contributed by atoms with Crippen molar-refractivity contribution in [1.29, 1.82) is 0 Å². The number of carbonyl (C=O) groups is 1. The van der Waals surface area contributed by atoms with E-state index in [9.17, 15) is 4.79 Å². The van der Waals surface area contributed by atoms with Gasteiger partial charge in [0.2, 0.25) is 5.91 Å². The first-order valence-corrected chi connectivity index (χ1v) is 7.00. The lowest BCUT2D eigenvalue weighted by atomic mass is 9.97. The van der Waals surface area contributed by atoms with E-state index in [0.29, 0.717) is 18.0 Å². The summed E-state index contributed by atoms with van der Waals surface area (Å²) in [6.45, 7) is 4.87. The molecule has 0 saturated heterocycles. The van der Waals surface area contributed by atoms with Crippen LogP contribution in [0.4, 0.5) is 0 Å². The molecule has 0 atom stereocenters. The predicted molar refractivity (Wildman–Crippen MR) is 75.7 cm³/mol. The number of halogens is 2. The van der Waals surface area contributed by atoms with Crippen LogP contribution in [0.3, 0.4) is 0 Å². The molecule has 0 aliphatic carbocycles. The van der Waals surface area contributed by atoms with Crippen molar-refractivity contribution in [1.82, 2.24) is 5.32 Å². The van der Waals surface area contributed by atoms with Crippen LogP contribution in [0.2, 0.25) is 5.02 Å². The normalized spacial score (nSPS) is 11.3. The van der Waals surface area contributed by atoms with Crippen LogP contribution in [0, 0.1) is 5.41 Å². The number of nitrogens with one attached hydrogen (secondary N) is 1. The summed E-state index contributed by atoms with van der Waals surface area (Å²) >= 11 is 9.21. The molecule has 17 heavy (non-hydrogen) atoms. The maximum Gasteiger partial charge on any atom is 0.224 e. The Balaban J connectivity index is 2.42. The van der Waals surface area contributed by atoms with E-state index in [1.54, 1.807) is 12.1 Å². The summed E-state index contributed by atoms with van der Waals surface area (Å²) < 4.78 is 0. The molecule has 0 spiro atoms. The van der Waals surface area contributed by atoms with Crippen LogP contribution < -0.4 is 5.32 Å². The second-order valence-corrected chi connectivity index (χ2v) is 5.87. The average molecular weight is 319 g/mol. The van der Waals surface area contributed by atoms with Crippen LogP contribution in [0.25, 0.3) is 0 Å². The fraction of sp³-hybridized carbons (Fsp3) is 0.462. The van der Waals surface area contributed by atoms with Crippen molar-refractivity contribution in [2.24, 2.45) is 5.41 Å². The highest BCUT2D eigenvalue weighted by atomic mass is 79.9. The van der Waals surface area contributed by atoms with E-state index < -0.39 is 0 Å². The first kappa shape index (κ1) is 14.5. The van der Waals surface area contributed by atoms with Gasteiger partial charge in [-0.2, -0.15) is 0 Å². The molecular weight excluding hydrogens is 302 g/mol. The number of rotatable bonds is 5. The standard InChI is InChI=1S/C13H17BrClNO/c1-13(2,8-14)9-16-12(17)7-10-3-5-11(15)6-4-10/h3-6H,7-9H2,1-2H3,(H,16,17). The fourth-order valence-electron chi connectivity index (χ4n) is 1.24. The molecule has 0 fully saturated rings. The minimum Gasteiger partial charge on any atom is -0.355 e. The van der Waals surface area contributed by atoms with Gasteiger partial charge in [0, 0.05) is 16.9 Å². The number of hydrogen-bond acceptors (Lipinski definition) is 1. The van der Waals surface area contributed by atoms with Gasteiger partial charge >= 0.3 is 0 Å². The third-order valence-corrected chi connectivity index (χ3v) is 4.17. The Morgan fingerprint density at radius 2 is 1.94 bits per heavy atom. The minimum atomic E-state index is 0.0429. The number of amides is 1. The van der Waals surface area contributed by atoms with Crippen molar-refractivity contribution in [3.05, 3.63) is 34.9 Å². The van der Waals surface area contributed by atoms with Crippen LogP contribution in [0.1, 0.15) is 19.4 Å². The van der Waals surface area contributed by atoms with Gasteiger partial charge < -0.3 is 5.32 Å². The summed E-state index contributed by atoms with van der Waals surface area (Å²) in [5.74, 6) is 0.0429. The molecule has 0 bridgehead atoms. The van der Waals surface area contributed by atoms with E-state index in [2.05, 4.69) is 35.1 Å². The Morgan fingerprint density at radius 1 is 1.35 bits per heavy atom. The average Bonchev–Trinajstić information content (AvgIpc) is 2.30. The molecule has 0 aliphatic rings. The molecule has 1 N–H and O–H groups in total. The van der Waals surface area contributed by atoms with Gasteiger partial charge in [0.05, 0.1) is 6.42 Å². The molecule has 4 heteroatoms. The summed E-state index contributed by atoms with van der Waals surface area (Å²) in [5.41, 5.74) is 1.05. The van der Waals surface area contributed by atoms with Crippen LogP contribution >= 0.6 is 27.5 Å². The predicted octanol–water partition coefficient (Wildman–Crippen LogP) is 3.42. The first-order valence-electron chi connectivity index (χ1n) is 5.50. The van der Waals surface area contributed by atoms with Gasteiger partial charge in [-0.15, -0.1) is 0 Å². The Kier molecular flexibility index (Phi) is 5.47. The maximum absolute atomic E-state index is 11.7. The van der Waals surface area contributed by atoms with E-state index in [1.165, 1.54) is 0 Å². The molecule has 0 unspecified atom stereocenters. The highest BCUT2D eigenvalue weighted by molar-refractivity contribution is 9.09. The van der Waals surface area contributed by atoms with Crippen LogP contribution in [0.5, 0.6) is 0 Å². The molecule has 0 aliphatic heterocycles. The van der Waals surface area contributed by atoms with Crippen molar-refractivity contribution in [2.45, 2.75) is 20.3 Å². The third-order valence-electron chi connectivity index (χ3n) is 2.40.